The molecule has 2 aliphatic rings. The topological polar surface area (TPSA) is 213 Å². The molecule has 2 aliphatic heterocycles. The summed E-state index contributed by atoms with van der Waals surface area (Å²) in [5, 5.41) is 8.99. The van der Waals surface area contributed by atoms with Crippen LogP contribution < -0.4 is 16.0 Å². The third-order valence-corrected chi connectivity index (χ3v) is 15.4. The largest absolute Gasteiger partial charge is 0.467 e. The second-order valence-corrected chi connectivity index (χ2v) is 22.2. The van der Waals surface area contributed by atoms with Crippen molar-refractivity contribution in [3.63, 3.8) is 0 Å². The number of esters is 1. The van der Waals surface area contributed by atoms with Crippen molar-refractivity contribution in [3.05, 3.63) is 65.7 Å². The van der Waals surface area contributed by atoms with Crippen molar-refractivity contribution in [1.29, 1.82) is 0 Å². The summed E-state index contributed by atoms with van der Waals surface area (Å²) in [5.74, 6) is -3.35. The molecule has 0 spiro atoms. The number of carbonyl (C=O) groups excluding carboxylic acids is 8. The predicted molar refractivity (Wildman–Crippen MR) is 296 cm³/mol. The van der Waals surface area contributed by atoms with E-state index in [4.69, 9.17) is 14.2 Å². The number of hydrogen-bond acceptors (Lipinski definition) is 12. The van der Waals surface area contributed by atoms with E-state index in [1.807, 2.05) is 108 Å². The Balaban J connectivity index is 1.41. The Morgan fingerprint density at radius 1 is 0.818 bits per heavy atom. The first-order chi connectivity index (χ1) is 36.6. The van der Waals surface area contributed by atoms with Crippen molar-refractivity contribution in [3.8, 4) is 0 Å². The number of nitrogens with one attached hydrogen (secondary N) is 3. The molecule has 7 amide bonds. The van der Waals surface area contributed by atoms with Crippen LogP contribution >= 0.6 is 0 Å². The minimum Gasteiger partial charge on any atom is -0.467 e. The maximum atomic E-state index is 14.9. The molecule has 2 aromatic carbocycles. The highest BCUT2D eigenvalue weighted by Crippen LogP contribution is 2.30. The monoisotopic (exact) mass is 1070 g/mol. The molecule has 0 aliphatic carbocycles. The molecular weight excluding hydrogens is 983 g/mol. The summed E-state index contributed by atoms with van der Waals surface area (Å²) in [7, 11) is 7.93. The molecule has 2 heterocycles. The third kappa shape index (κ3) is 18.2. The number of ether oxygens (including phenoxy) is 3. The second-order valence-electron chi connectivity index (χ2n) is 22.2. The van der Waals surface area contributed by atoms with Crippen LogP contribution in [0, 0.1) is 29.6 Å². The number of hydrogen-bond donors (Lipinski definition) is 3. The molecule has 428 valence electrons. The van der Waals surface area contributed by atoms with E-state index in [-0.39, 0.29) is 78.4 Å². The summed E-state index contributed by atoms with van der Waals surface area (Å²) >= 11 is 0. The van der Waals surface area contributed by atoms with Gasteiger partial charge in [-0.2, -0.15) is 0 Å². The number of rotatable bonds is 31. The molecule has 18 heteroatoms. The van der Waals surface area contributed by atoms with Gasteiger partial charge in [0.2, 0.25) is 41.4 Å². The van der Waals surface area contributed by atoms with Gasteiger partial charge in [0.05, 0.1) is 49.8 Å². The summed E-state index contributed by atoms with van der Waals surface area (Å²) in [6, 6.07) is 13.4. The minimum absolute atomic E-state index is 0.0447. The Kier molecular flexibility index (Phi) is 25.7. The molecule has 2 saturated heterocycles. The van der Waals surface area contributed by atoms with Gasteiger partial charge in [-0.05, 0) is 80.2 Å². The van der Waals surface area contributed by atoms with Gasteiger partial charge in [-0.25, -0.2) is 4.79 Å². The fraction of sp³-hybridized carbons (Fsp3) is 0.661. The van der Waals surface area contributed by atoms with E-state index in [9.17, 15) is 38.4 Å². The third-order valence-electron chi connectivity index (χ3n) is 15.4. The maximum Gasteiger partial charge on any atom is 0.328 e. The quantitative estimate of drug-likeness (QED) is 0.0426. The Morgan fingerprint density at radius 2 is 1.49 bits per heavy atom. The molecule has 2 aromatic rings. The number of benzene rings is 2. The number of likely N-dealkylation sites (N-methyl/N-ethyl adjacent to an activating group) is 2. The average molecular weight is 1070 g/mol. The number of anilines is 1. The van der Waals surface area contributed by atoms with E-state index >= 15 is 0 Å². The van der Waals surface area contributed by atoms with Crippen LogP contribution in [0.5, 0.6) is 0 Å². The lowest BCUT2D eigenvalue weighted by atomic mass is 9.89. The highest BCUT2D eigenvalue weighted by molar-refractivity contribution is 6.03. The lowest BCUT2D eigenvalue weighted by molar-refractivity contribution is -0.148. The van der Waals surface area contributed by atoms with Crippen LogP contribution in [-0.4, -0.2) is 158 Å². The zero-order valence-corrected chi connectivity index (χ0v) is 48.3. The number of carbonyl (C=O) groups is 8. The highest BCUT2D eigenvalue weighted by atomic mass is 16.5. The van der Waals surface area contributed by atoms with Gasteiger partial charge in [-0.15, -0.1) is 0 Å². The number of amides is 7. The molecule has 10 atom stereocenters. The zero-order chi connectivity index (χ0) is 57.1. The Hall–Kier alpha value is -5.72. The van der Waals surface area contributed by atoms with Gasteiger partial charge in [0.25, 0.3) is 0 Å². The second kappa shape index (κ2) is 31.0. The predicted octanol–water partition coefficient (Wildman–Crippen LogP) is 6.39. The lowest BCUT2D eigenvalue weighted by Gasteiger charge is -2.41. The van der Waals surface area contributed by atoms with E-state index in [0.717, 1.165) is 11.1 Å². The van der Waals surface area contributed by atoms with Crippen LogP contribution in [0.4, 0.5) is 5.69 Å². The van der Waals surface area contributed by atoms with Crippen LogP contribution in [0.2, 0.25) is 0 Å². The number of nitrogens with zero attached hydrogens (tertiary/aromatic N) is 4. The summed E-state index contributed by atoms with van der Waals surface area (Å²) < 4.78 is 17.2. The van der Waals surface area contributed by atoms with Gasteiger partial charge in [0.1, 0.15) is 12.1 Å². The van der Waals surface area contributed by atoms with Crippen molar-refractivity contribution in [2.24, 2.45) is 29.6 Å². The Morgan fingerprint density at radius 3 is 2.09 bits per heavy atom. The van der Waals surface area contributed by atoms with Gasteiger partial charge in [-0.1, -0.05) is 111 Å². The highest BCUT2D eigenvalue weighted by Gasteiger charge is 2.44. The number of imide groups is 1. The molecule has 0 aromatic heterocycles. The van der Waals surface area contributed by atoms with Crippen molar-refractivity contribution < 1.29 is 52.6 Å². The minimum atomic E-state index is -0.922. The molecule has 2 fully saturated rings. The fourth-order valence-corrected chi connectivity index (χ4v) is 11.2. The molecule has 0 saturated carbocycles. The average Bonchev–Trinajstić information content (AvgIpc) is 3.97. The van der Waals surface area contributed by atoms with E-state index < -0.39 is 60.2 Å². The van der Waals surface area contributed by atoms with Crippen molar-refractivity contribution in [2.45, 2.75) is 175 Å². The van der Waals surface area contributed by atoms with E-state index in [2.05, 4.69) is 16.0 Å². The van der Waals surface area contributed by atoms with E-state index in [1.165, 1.54) is 19.1 Å². The van der Waals surface area contributed by atoms with Gasteiger partial charge >= 0.3 is 5.97 Å². The Bertz CT molecular complexity index is 2280. The first kappa shape index (κ1) is 63.8. The first-order valence-electron chi connectivity index (χ1n) is 27.8. The van der Waals surface area contributed by atoms with Crippen LogP contribution in [0.3, 0.4) is 0 Å². The number of unbranched alkanes of at least 4 members (excludes halogenated alkanes) is 2. The summed E-state index contributed by atoms with van der Waals surface area (Å²) in [6.07, 6.45) is 3.65. The van der Waals surface area contributed by atoms with Crippen LogP contribution in [0.25, 0.3) is 0 Å². The normalized spacial score (nSPS) is 18.9. The molecule has 0 bridgehead atoms. The molecule has 3 N–H and O–H groups in total. The van der Waals surface area contributed by atoms with Crippen molar-refractivity contribution >= 4 is 53.0 Å². The fourth-order valence-electron chi connectivity index (χ4n) is 11.2. The molecule has 0 radical (unpaired) electrons. The van der Waals surface area contributed by atoms with Crippen LogP contribution in [0.15, 0.2) is 54.6 Å². The van der Waals surface area contributed by atoms with Crippen LogP contribution in [0.1, 0.15) is 131 Å². The molecule has 18 nitrogen and oxygen atoms in total. The molecular formula is C59H91N7O11. The van der Waals surface area contributed by atoms with E-state index in [1.54, 1.807) is 37.8 Å². The van der Waals surface area contributed by atoms with Crippen molar-refractivity contribution in [2.75, 3.05) is 53.8 Å². The van der Waals surface area contributed by atoms with Gasteiger partial charge in [0, 0.05) is 71.8 Å². The van der Waals surface area contributed by atoms with Gasteiger partial charge < -0.3 is 40.0 Å². The molecule has 4 rings (SSSR count). The van der Waals surface area contributed by atoms with Crippen LogP contribution in [-0.2, 0) is 65.5 Å². The van der Waals surface area contributed by atoms with E-state index in [0.29, 0.717) is 76.7 Å². The SMILES string of the molecule is CC[C@H](C)[C@@H]([C@@H](CC(=O)N1CCC[C@H]1[C@H](OC)[C@@H](C)C(=O)N[C@@H](Cc1ccccc1)C(=O)OC)OC)N(C)C(=O)[C@H](CC(C)C)NC(=O)[C@H](C(C)C)N(C)Cc1cccc(NC(=O)CCCCCN2C(=O)CC(C)C2=O)c1. The maximum absolute atomic E-state index is 14.9. The zero-order valence-electron chi connectivity index (χ0n) is 48.3. The Labute approximate surface area is 458 Å². The standard InChI is InChI=1S/C59H91N7O11/c1-14-39(6)53(48(75-11)35-51(69)65-30-22-27-47(65)54(76-12)41(8)55(70)62-46(59(74)77-13)34-42-23-17-15-18-24-42)64(10)58(73)45(31-37(2)3)61-56(71)52(38(4)5)63(9)36-43-25-21-26-44(33-43)60-49(67)28-19-16-20-29-66-50(68)32-40(7)57(66)72/h15,17-18,21,23-26,33,37-41,45-48,52-54H,14,16,19-20,22,27-32,34-36H2,1-13H3,(H,60,67)(H,61,71)(H,62,70)/t39-,40?,41+,45-,46-,47-,48+,52-,53-,54+/m0/s1. The number of methoxy groups -OCH3 is 3. The number of likely N-dealkylation sites (tertiary alicyclic amines) is 2. The van der Waals surface area contributed by atoms with Gasteiger partial charge in [0.15, 0.2) is 0 Å². The first-order valence-corrected chi connectivity index (χ1v) is 27.8. The van der Waals surface area contributed by atoms with Gasteiger partial charge in [-0.3, -0.25) is 43.4 Å². The smallest absolute Gasteiger partial charge is 0.328 e. The molecule has 77 heavy (non-hydrogen) atoms. The summed E-state index contributed by atoms with van der Waals surface area (Å²) in [5.41, 5.74) is 2.37. The summed E-state index contributed by atoms with van der Waals surface area (Å²) in [6.45, 7) is 16.7. The van der Waals surface area contributed by atoms with Crippen molar-refractivity contribution in [1.82, 2.24) is 30.2 Å². The lowest BCUT2D eigenvalue weighted by Crippen LogP contribution is -2.59. The molecule has 1 unspecified atom stereocenters. The summed E-state index contributed by atoms with van der Waals surface area (Å²) in [4.78, 5) is 114.